The molecule has 2 nitrogen and oxygen atoms in total. The molecule has 1 rings (SSSR count). The van der Waals surface area contributed by atoms with E-state index >= 15 is 0 Å². The summed E-state index contributed by atoms with van der Waals surface area (Å²) in [5, 5.41) is 0.567. The van der Waals surface area contributed by atoms with Gasteiger partial charge in [0.05, 0.1) is 12.7 Å². The quantitative estimate of drug-likeness (QED) is 0.661. The second-order valence-electron chi connectivity index (χ2n) is 2.40. The highest BCUT2D eigenvalue weighted by molar-refractivity contribution is 6.30. The number of Topliss-reactive ketones (excluding diaryl/α,β-unsaturated/α-hetero) is 1. The Morgan fingerprint density at radius 3 is 2.67 bits per heavy atom. The molecular weight excluding hydrogens is 176 g/mol. The summed E-state index contributed by atoms with van der Waals surface area (Å²) in [7, 11) is 1.51. The first-order valence-electron chi connectivity index (χ1n) is 3.49. The van der Waals surface area contributed by atoms with Crippen LogP contribution in [0.5, 0.6) is 5.75 Å². The van der Waals surface area contributed by atoms with Crippen LogP contribution in [0.4, 0.5) is 0 Å². The van der Waals surface area contributed by atoms with Crippen LogP contribution in [0.1, 0.15) is 17.3 Å². The summed E-state index contributed by atoms with van der Waals surface area (Å²) < 4.78 is 4.98. The van der Waals surface area contributed by atoms with Crippen LogP contribution in [-0.4, -0.2) is 12.9 Å². The van der Waals surface area contributed by atoms with E-state index in [1.807, 2.05) is 0 Å². The molecule has 0 aliphatic rings. The Morgan fingerprint density at radius 1 is 1.50 bits per heavy atom. The van der Waals surface area contributed by atoms with Crippen molar-refractivity contribution in [3.63, 3.8) is 0 Å². The molecule has 0 saturated carbocycles. The fourth-order valence-electron chi connectivity index (χ4n) is 0.956. The molecule has 0 heterocycles. The summed E-state index contributed by atoms with van der Waals surface area (Å²) in [4.78, 5) is 11.0. The molecule has 1 aromatic carbocycles. The molecule has 0 bridgehead atoms. The molecule has 0 aromatic heterocycles. The number of methoxy groups -OCH3 is 1. The number of carbonyl (C=O) groups is 1. The maximum Gasteiger partial charge on any atom is 0.163 e. The fraction of sp³-hybridized carbons (Fsp3) is 0.222. The van der Waals surface area contributed by atoms with Gasteiger partial charge in [-0.2, -0.15) is 0 Å². The molecule has 0 unspecified atom stereocenters. The number of ether oxygens (including phenoxy) is 1. The molecule has 0 atom stereocenters. The van der Waals surface area contributed by atoms with Gasteiger partial charge in [0.15, 0.2) is 5.78 Å². The maximum atomic E-state index is 11.0. The maximum absolute atomic E-state index is 11.0. The van der Waals surface area contributed by atoms with Crippen LogP contribution in [0.15, 0.2) is 18.2 Å². The van der Waals surface area contributed by atoms with E-state index in [-0.39, 0.29) is 5.78 Å². The van der Waals surface area contributed by atoms with Gasteiger partial charge in [0.2, 0.25) is 0 Å². The molecule has 0 amide bonds. The molecule has 3 heteroatoms. The van der Waals surface area contributed by atoms with Crippen molar-refractivity contribution in [2.45, 2.75) is 6.92 Å². The van der Waals surface area contributed by atoms with E-state index in [0.29, 0.717) is 16.3 Å². The zero-order chi connectivity index (χ0) is 9.14. The van der Waals surface area contributed by atoms with E-state index in [1.165, 1.54) is 14.0 Å². The summed E-state index contributed by atoms with van der Waals surface area (Å²) >= 11 is 5.71. The minimum absolute atomic E-state index is 0.0245. The van der Waals surface area contributed by atoms with E-state index in [0.717, 1.165) is 0 Å². The predicted octanol–water partition coefficient (Wildman–Crippen LogP) is 2.55. The van der Waals surface area contributed by atoms with Gasteiger partial charge in [-0.05, 0) is 25.1 Å². The average molecular weight is 185 g/mol. The van der Waals surface area contributed by atoms with E-state index in [1.54, 1.807) is 18.2 Å². The van der Waals surface area contributed by atoms with Crippen molar-refractivity contribution in [2.75, 3.05) is 7.11 Å². The number of halogens is 1. The van der Waals surface area contributed by atoms with Crippen LogP contribution in [0.2, 0.25) is 5.02 Å². The lowest BCUT2D eigenvalue weighted by molar-refractivity contribution is 0.101. The minimum atomic E-state index is -0.0245. The Hall–Kier alpha value is -1.02. The molecule has 1 aromatic rings. The Bertz CT molecular complexity index is 307. The van der Waals surface area contributed by atoms with Gasteiger partial charge in [0, 0.05) is 5.02 Å². The first kappa shape index (κ1) is 9.07. The van der Waals surface area contributed by atoms with Gasteiger partial charge in [-0.3, -0.25) is 4.79 Å². The van der Waals surface area contributed by atoms with Crippen molar-refractivity contribution in [1.29, 1.82) is 0 Å². The van der Waals surface area contributed by atoms with Crippen LogP contribution >= 0.6 is 11.6 Å². The molecular formula is C9H9ClO2. The Balaban J connectivity index is 3.20. The Kier molecular flexibility index (Phi) is 2.71. The van der Waals surface area contributed by atoms with E-state index in [4.69, 9.17) is 16.3 Å². The number of ketones is 1. The summed E-state index contributed by atoms with van der Waals surface area (Å²) in [6, 6.07) is 4.95. The zero-order valence-electron chi connectivity index (χ0n) is 6.93. The largest absolute Gasteiger partial charge is 0.496 e. The molecule has 0 radical (unpaired) electrons. The zero-order valence-corrected chi connectivity index (χ0v) is 7.68. The highest BCUT2D eigenvalue weighted by Gasteiger charge is 2.06. The summed E-state index contributed by atoms with van der Waals surface area (Å²) in [5.41, 5.74) is 0.557. The molecule has 0 saturated heterocycles. The molecule has 0 fully saturated rings. The number of hydrogen-bond acceptors (Lipinski definition) is 2. The van der Waals surface area contributed by atoms with Crippen LogP contribution in [0.25, 0.3) is 0 Å². The highest BCUT2D eigenvalue weighted by atomic mass is 35.5. The summed E-state index contributed by atoms with van der Waals surface area (Å²) in [6.45, 7) is 1.49. The third kappa shape index (κ3) is 1.77. The standard InChI is InChI=1S/C9H9ClO2/c1-6(11)8-4-3-7(10)5-9(8)12-2/h3-5H,1-2H3. The Morgan fingerprint density at radius 2 is 2.17 bits per heavy atom. The topological polar surface area (TPSA) is 26.3 Å². The lowest BCUT2D eigenvalue weighted by atomic mass is 10.1. The van der Waals surface area contributed by atoms with Crippen molar-refractivity contribution in [2.24, 2.45) is 0 Å². The number of hydrogen-bond donors (Lipinski definition) is 0. The lowest BCUT2D eigenvalue weighted by Crippen LogP contribution is -1.96. The molecule has 12 heavy (non-hydrogen) atoms. The minimum Gasteiger partial charge on any atom is -0.496 e. The highest BCUT2D eigenvalue weighted by Crippen LogP contribution is 2.23. The van der Waals surface area contributed by atoms with Crippen LogP contribution in [-0.2, 0) is 0 Å². The van der Waals surface area contributed by atoms with Gasteiger partial charge in [0.25, 0.3) is 0 Å². The molecule has 0 aliphatic heterocycles. The Labute approximate surface area is 76.1 Å². The van der Waals surface area contributed by atoms with Gasteiger partial charge in [-0.25, -0.2) is 0 Å². The molecule has 0 N–H and O–H groups in total. The normalized spacial score (nSPS) is 9.58. The van der Waals surface area contributed by atoms with Gasteiger partial charge in [-0.1, -0.05) is 11.6 Å². The van der Waals surface area contributed by atoms with Crippen LogP contribution < -0.4 is 4.74 Å². The van der Waals surface area contributed by atoms with Gasteiger partial charge in [0.1, 0.15) is 5.75 Å². The monoisotopic (exact) mass is 184 g/mol. The van der Waals surface area contributed by atoms with E-state index in [9.17, 15) is 4.79 Å². The third-order valence-electron chi connectivity index (χ3n) is 1.54. The van der Waals surface area contributed by atoms with Gasteiger partial charge < -0.3 is 4.74 Å². The second-order valence-corrected chi connectivity index (χ2v) is 2.84. The molecule has 0 spiro atoms. The van der Waals surface area contributed by atoms with Crippen LogP contribution in [0, 0.1) is 0 Å². The lowest BCUT2D eigenvalue weighted by Gasteiger charge is -2.04. The smallest absolute Gasteiger partial charge is 0.163 e. The van der Waals surface area contributed by atoms with Crippen molar-refractivity contribution in [1.82, 2.24) is 0 Å². The third-order valence-corrected chi connectivity index (χ3v) is 1.78. The van der Waals surface area contributed by atoms with E-state index < -0.39 is 0 Å². The summed E-state index contributed by atoms with van der Waals surface area (Å²) in [6.07, 6.45) is 0. The molecule has 64 valence electrons. The van der Waals surface area contributed by atoms with E-state index in [2.05, 4.69) is 0 Å². The summed E-state index contributed by atoms with van der Waals surface area (Å²) in [5.74, 6) is 0.499. The first-order chi connectivity index (χ1) is 5.65. The molecule has 0 aliphatic carbocycles. The van der Waals surface area contributed by atoms with Gasteiger partial charge in [-0.15, -0.1) is 0 Å². The number of benzene rings is 1. The second kappa shape index (κ2) is 3.59. The van der Waals surface area contributed by atoms with Crippen molar-refractivity contribution < 1.29 is 9.53 Å². The average Bonchev–Trinajstić information content (AvgIpc) is 2.03. The van der Waals surface area contributed by atoms with Crippen molar-refractivity contribution in [3.8, 4) is 5.75 Å². The van der Waals surface area contributed by atoms with Crippen molar-refractivity contribution in [3.05, 3.63) is 28.8 Å². The number of carbonyl (C=O) groups excluding carboxylic acids is 1. The van der Waals surface area contributed by atoms with Gasteiger partial charge >= 0.3 is 0 Å². The SMILES string of the molecule is COc1cc(Cl)ccc1C(C)=O. The predicted molar refractivity (Wildman–Crippen MR) is 48.0 cm³/mol. The fourth-order valence-corrected chi connectivity index (χ4v) is 1.12. The number of rotatable bonds is 2. The van der Waals surface area contributed by atoms with Crippen LogP contribution in [0.3, 0.4) is 0 Å². The van der Waals surface area contributed by atoms with Crippen molar-refractivity contribution >= 4 is 17.4 Å². The first-order valence-corrected chi connectivity index (χ1v) is 3.87.